The lowest BCUT2D eigenvalue weighted by atomic mass is 10.1. The number of hydrogen-bond donors (Lipinski definition) is 2. The molecule has 20 heavy (non-hydrogen) atoms. The Morgan fingerprint density at radius 2 is 2.10 bits per heavy atom. The second-order valence-corrected chi connectivity index (χ2v) is 7.25. The zero-order chi connectivity index (χ0) is 14.8. The van der Waals surface area contributed by atoms with Gasteiger partial charge in [0.2, 0.25) is 10.0 Å². The first-order valence-corrected chi connectivity index (χ1v) is 8.80. The largest absolute Gasteiger partial charge is 0.382 e. The first kappa shape index (κ1) is 15.1. The van der Waals surface area contributed by atoms with Crippen LogP contribution in [0.1, 0.15) is 32.6 Å². The van der Waals surface area contributed by atoms with Crippen LogP contribution < -0.4 is 10.0 Å². The fourth-order valence-electron chi connectivity index (χ4n) is 2.71. The number of anilines is 2. The van der Waals surface area contributed by atoms with Crippen molar-refractivity contribution < 1.29 is 12.8 Å². The van der Waals surface area contributed by atoms with Crippen molar-refractivity contribution in [3.8, 4) is 0 Å². The number of benzene rings is 1. The maximum atomic E-state index is 13.6. The van der Waals surface area contributed by atoms with Gasteiger partial charge >= 0.3 is 0 Å². The molecule has 0 aromatic heterocycles. The molecule has 1 aromatic carbocycles. The highest BCUT2D eigenvalue weighted by atomic mass is 32.2. The molecule has 2 atom stereocenters. The Kier molecular flexibility index (Phi) is 4.52. The third-order valence-corrected chi connectivity index (χ3v) is 4.34. The van der Waals surface area contributed by atoms with E-state index in [1.807, 2.05) is 0 Å². The van der Waals surface area contributed by atoms with Crippen LogP contribution in [0.3, 0.4) is 0 Å². The maximum absolute atomic E-state index is 13.6. The van der Waals surface area contributed by atoms with Crippen LogP contribution in [0.15, 0.2) is 18.2 Å². The molecule has 2 rings (SSSR count). The average Bonchev–Trinajstić information content (AvgIpc) is 2.79. The summed E-state index contributed by atoms with van der Waals surface area (Å²) in [6.07, 6.45) is 5.62. The van der Waals surface area contributed by atoms with Crippen LogP contribution in [0.25, 0.3) is 0 Å². The number of sulfonamides is 1. The predicted octanol–water partition coefficient (Wildman–Crippen LogP) is 3.19. The quantitative estimate of drug-likeness (QED) is 0.878. The van der Waals surface area contributed by atoms with Crippen molar-refractivity contribution in [2.24, 2.45) is 5.92 Å². The van der Waals surface area contributed by atoms with Crippen molar-refractivity contribution >= 4 is 21.4 Å². The summed E-state index contributed by atoms with van der Waals surface area (Å²) < 4.78 is 38.2. The van der Waals surface area contributed by atoms with E-state index < -0.39 is 15.8 Å². The van der Waals surface area contributed by atoms with Crippen LogP contribution in [0, 0.1) is 11.7 Å². The van der Waals surface area contributed by atoms with Gasteiger partial charge in [-0.25, -0.2) is 12.8 Å². The van der Waals surface area contributed by atoms with Crippen molar-refractivity contribution in [1.82, 2.24) is 0 Å². The molecule has 4 nitrogen and oxygen atoms in total. The molecule has 1 aliphatic carbocycles. The summed E-state index contributed by atoms with van der Waals surface area (Å²) in [4.78, 5) is 0. The van der Waals surface area contributed by atoms with Gasteiger partial charge in [-0.05, 0) is 43.4 Å². The van der Waals surface area contributed by atoms with Crippen LogP contribution in [0.4, 0.5) is 15.8 Å². The van der Waals surface area contributed by atoms with Gasteiger partial charge in [-0.1, -0.05) is 13.3 Å². The van der Waals surface area contributed by atoms with Gasteiger partial charge in [0.25, 0.3) is 0 Å². The van der Waals surface area contributed by atoms with Crippen LogP contribution >= 0.6 is 0 Å². The smallest absolute Gasteiger partial charge is 0.229 e. The molecule has 1 aromatic rings. The van der Waals surface area contributed by atoms with Gasteiger partial charge in [0.1, 0.15) is 5.82 Å². The second-order valence-electron chi connectivity index (χ2n) is 5.50. The summed E-state index contributed by atoms with van der Waals surface area (Å²) in [7, 11) is -3.47. The average molecular weight is 300 g/mol. The summed E-state index contributed by atoms with van der Waals surface area (Å²) in [5.41, 5.74) is 0.738. The third-order valence-electron chi connectivity index (χ3n) is 3.75. The molecule has 0 spiro atoms. The number of nitrogens with one attached hydrogen (secondary N) is 2. The normalized spacial score (nSPS) is 22.8. The van der Waals surface area contributed by atoms with E-state index in [1.54, 1.807) is 6.07 Å². The molecule has 6 heteroatoms. The Labute approximate surface area is 119 Å². The Hall–Kier alpha value is -1.30. The fourth-order valence-corrected chi connectivity index (χ4v) is 3.26. The molecule has 0 radical (unpaired) electrons. The highest BCUT2D eigenvalue weighted by Gasteiger charge is 2.23. The van der Waals surface area contributed by atoms with Crippen molar-refractivity contribution in [3.63, 3.8) is 0 Å². The van der Waals surface area contributed by atoms with Gasteiger partial charge in [-0.2, -0.15) is 0 Å². The number of halogens is 1. The zero-order valence-electron chi connectivity index (χ0n) is 11.8. The molecular formula is C14H21FN2O2S. The summed E-state index contributed by atoms with van der Waals surface area (Å²) >= 11 is 0. The predicted molar refractivity (Wildman–Crippen MR) is 79.9 cm³/mol. The van der Waals surface area contributed by atoms with E-state index in [-0.39, 0.29) is 5.69 Å². The van der Waals surface area contributed by atoms with E-state index >= 15 is 0 Å². The Morgan fingerprint density at radius 3 is 2.70 bits per heavy atom. The number of hydrogen-bond acceptors (Lipinski definition) is 3. The zero-order valence-corrected chi connectivity index (χ0v) is 12.6. The first-order valence-electron chi connectivity index (χ1n) is 6.91. The highest BCUT2D eigenvalue weighted by molar-refractivity contribution is 7.92. The molecule has 0 saturated heterocycles. The van der Waals surface area contributed by atoms with Gasteiger partial charge in [0, 0.05) is 11.7 Å². The number of rotatable bonds is 5. The molecule has 1 fully saturated rings. The van der Waals surface area contributed by atoms with Gasteiger partial charge in [0.15, 0.2) is 0 Å². The van der Waals surface area contributed by atoms with E-state index in [9.17, 15) is 12.8 Å². The van der Waals surface area contributed by atoms with E-state index in [0.717, 1.165) is 30.7 Å². The molecule has 1 saturated carbocycles. The molecule has 0 heterocycles. The summed E-state index contributed by atoms with van der Waals surface area (Å²) in [6.45, 7) is 2.19. The fraction of sp³-hybridized carbons (Fsp3) is 0.571. The first-order chi connectivity index (χ1) is 9.37. The minimum Gasteiger partial charge on any atom is -0.382 e. The van der Waals surface area contributed by atoms with Crippen LogP contribution in [-0.4, -0.2) is 20.7 Å². The SMILES string of the molecule is CCC1CCC(Nc2ccc(F)c(NS(C)(=O)=O)c2)C1. The lowest BCUT2D eigenvalue weighted by Crippen LogP contribution is -2.16. The van der Waals surface area contributed by atoms with Crippen LogP contribution in [0.5, 0.6) is 0 Å². The van der Waals surface area contributed by atoms with Gasteiger partial charge in [-0.15, -0.1) is 0 Å². The van der Waals surface area contributed by atoms with E-state index in [2.05, 4.69) is 17.0 Å². The van der Waals surface area contributed by atoms with Gasteiger partial charge < -0.3 is 5.32 Å². The standard InChI is InChI=1S/C14H21FN2O2S/c1-3-10-4-5-11(8-10)16-12-6-7-13(15)14(9-12)17-20(2,18)19/h6-7,9-11,16-17H,3-5,8H2,1-2H3. The molecule has 1 aliphatic rings. The van der Waals surface area contributed by atoms with E-state index in [1.165, 1.54) is 25.0 Å². The van der Waals surface area contributed by atoms with Crippen LogP contribution in [0.2, 0.25) is 0 Å². The molecule has 0 bridgehead atoms. The van der Waals surface area contributed by atoms with Gasteiger partial charge in [0.05, 0.1) is 11.9 Å². The Balaban J connectivity index is 2.08. The minimum atomic E-state index is -3.47. The molecule has 0 aliphatic heterocycles. The summed E-state index contributed by atoms with van der Waals surface area (Å²) in [6, 6.07) is 4.82. The van der Waals surface area contributed by atoms with Gasteiger partial charge in [-0.3, -0.25) is 4.72 Å². The van der Waals surface area contributed by atoms with Crippen molar-refractivity contribution in [1.29, 1.82) is 0 Å². The maximum Gasteiger partial charge on any atom is 0.229 e. The second kappa shape index (κ2) is 5.99. The van der Waals surface area contributed by atoms with E-state index in [0.29, 0.717) is 6.04 Å². The van der Waals surface area contributed by atoms with Crippen molar-refractivity contribution in [2.75, 3.05) is 16.3 Å². The molecule has 2 N–H and O–H groups in total. The van der Waals surface area contributed by atoms with E-state index in [4.69, 9.17) is 0 Å². The third kappa shape index (κ3) is 4.10. The molecule has 2 unspecified atom stereocenters. The highest BCUT2D eigenvalue weighted by Crippen LogP contribution is 2.31. The molecular weight excluding hydrogens is 279 g/mol. The molecule has 112 valence electrons. The summed E-state index contributed by atoms with van der Waals surface area (Å²) in [5, 5.41) is 3.36. The van der Waals surface area contributed by atoms with Crippen LogP contribution in [-0.2, 0) is 10.0 Å². The lowest BCUT2D eigenvalue weighted by molar-refractivity contribution is 0.525. The Morgan fingerprint density at radius 1 is 1.35 bits per heavy atom. The van der Waals surface area contributed by atoms with Crippen molar-refractivity contribution in [3.05, 3.63) is 24.0 Å². The molecule has 0 amide bonds. The topological polar surface area (TPSA) is 58.2 Å². The summed E-state index contributed by atoms with van der Waals surface area (Å²) in [5.74, 6) is 0.181. The minimum absolute atomic E-state index is 0.0115. The monoisotopic (exact) mass is 300 g/mol. The lowest BCUT2D eigenvalue weighted by Gasteiger charge is -2.16. The Bertz CT molecular complexity index is 575. The van der Waals surface area contributed by atoms with Crippen molar-refractivity contribution in [2.45, 2.75) is 38.6 Å².